The molecule has 1 aromatic carbocycles. The van der Waals surface area contributed by atoms with Gasteiger partial charge in [-0.2, -0.15) is 0 Å². The maximum absolute atomic E-state index is 13.2. The van der Waals surface area contributed by atoms with Gasteiger partial charge in [0.15, 0.2) is 0 Å². The smallest absolute Gasteiger partial charge is 0.140 e. The number of benzene rings is 1. The molecule has 0 radical (unpaired) electrons. The molecule has 118 valence electrons. The zero-order valence-electron chi connectivity index (χ0n) is 13.1. The van der Waals surface area contributed by atoms with Crippen molar-refractivity contribution in [1.29, 1.82) is 0 Å². The van der Waals surface area contributed by atoms with E-state index in [1.807, 2.05) is 29.8 Å². The molecule has 3 aromatic heterocycles. The maximum atomic E-state index is 13.2. The van der Waals surface area contributed by atoms with Gasteiger partial charge >= 0.3 is 0 Å². The number of rotatable bonds is 2. The highest BCUT2D eigenvalue weighted by Gasteiger charge is 2.13. The molecule has 0 aliphatic heterocycles. The Balaban J connectivity index is 1.95. The van der Waals surface area contributed by atoms with Crippen molar-refractivity contribution >= 4 is 16.9 Å². The summed E-state index contributed by atoms with van der Waals surface area (Å²) in [5, 5.41) is 1.01. The molecule has 0 unspecified atom stereocenters. The van der Waals surface area contributed by atoms with Gasteiger partial charge in [0.25, 0.3) is 0 Å². The van der Waals surface area contributed by atoms with Crippen molar-refractivity contribution in [2.75, 3.05) is 5.73 Å². The first kappa shape index (κ1) is 14.4. The van der Waals surface area contributed by atoms with E-state index in [1.54, 1.807) is 24.5 Å². The molecular weight excluding hydrogens is 303 g/mol. The van der Waals surface area contributed by atoms with E-state index < -0.39 is 0 Å². The summed E-state index contributed by atoms with van der Waals surface area (Å²) in [5.74, 6) is 0.231. The number of aryl methyl sites for hydroxylation is 1. The van der Waals surface area contributed by atoms with Gasteiger partial charge in [0, 0.05) is 30.4 Å². The van der Waals surface area contributed by atoms with Crippen LogP contribution in [0.25, 0.3) is 33.4 Å². The molecule has 0 saturated heterocycles. The fourth-order valence-electron chi connectivity index (χ4n) is 2.99. The first-order valence-corrected chi connectivity index (χ1v) is 7.56. The third-order valence-corrected chi connectivity index (χ3v) is 4.16. The molecule has 4 aromatic rings. The predicted octanol–water partition coefficient (Wildman–Crippen LogP) is 4.02. The Kier molecular flexibility index (Phi) is 3.27. The number of hydrogen-bond acceptors (Lipinski definition) is 3. The Morgan fingerprint density at radius 3 is 2.42 bits per heavy atom. The fraction of sp³-hybridized carbons (Fsp3) is 0.0526. The monoisotopic (exact) mass is 318 g/mol. The van der Waals surface area contributed by atoms with Gasteiger partial charge in [-0.1, -0.05) is 12.1 Å². The summed E-state index contributed by atoms with van der Waals surface area (Å²) in [7, 11) is 1.97. The standard InChI is InChI=1S/C19H15FN4/c1-24-17(13-6-8-22-18(21)10-13)11-16-15(7-9-23-19(16)24)12-2-4-14(20)5-3-12/h2-11H,1H3,(H2,21,22). The first-order valence-electron chi connectivity index (χ1n) is 7.56. The van der Waals surface area contributed by atoms with Gasteiger partial charge in [0.2, 0.25) is 0 Å². The molecule has 0 aliphatic rings. The van der Waals surface area contributed by atoms with Crippen LogP contribution in [0.15, 0.2) is 60.9 Å². The summed E-state index contributed by atoms with van der Waals surface area (Å²) < 4.78 is 15.2. The number of nitrogen functional groups attached to an aromatic ring is 1. The molecular formula is C19H15FN4. The number of hydrogen-bond donors (Lipinski definition) is 1. The minimum absolute atomic E-state index is 0.245. The molecule has 0 aliphatic carbocycles. The summed E-state index contributed by atoms with van der Waals surface area (Å²) in [6.07, 6.45) is 3.46. The third-order valence-electron chi connectivity index (χ3n) is 4.16. The molecule has 0 spiro atoms. The second-order valence-corrected chi connectivity index (χ2v) is 5.66. The number of halogens is 1. The van der Waals surface area contributed by atoms with E-state index in [0.717, 1.165) is 33.4 Å². The fourth-order valence-corrected chi connectivity index (χ4v) is 2.99. The largest absolute Gasteiger partial charge is 0.384 e. The van der Waals surface area contributed by atoms with Crippen LogP contribution in [0.3, 0.4) is 0 Å². The van der Waals surface area contributed by atoms with Crippen LogP contribution in [0.1, 0.15) is 0 Å². The van der Waals surface area contributed by atoms with Crippen LogP contribution in [0, 0.1) is 5.82 Å². The van der Waals surface area contributed by atoms with Crippen molar-refractivity contribution in [3.05, 3.63) is 66.7 Å². The number of nitrogens with zero attached hydrogens (tertiary/aromatic N) is 3. The van der Waals surface area contributed by atoms with Crippen LogP contribution in [0.5, 0.6) is 0 Å². The molecule has 0 saturated carbocycles. The number of aromatic nitrogens is 3. The van der Waals surface area contributed by atoms with Crippen LogP contribution < -0.4 is 5.73 Å². The van der Waals surface area contributed by atoms with E-state index in [4.69, 9.17) is 5.73 Å². The third kappa shape index (κ3) is 2.31. The highest BCUT2D eigenvalue weighted by atomic mass is 19.1. The molecule has 0 amide bonds. The van der Waals surface area contributed by atoms with E-state index in [1.165, 1.54) is 12.1 Å². The Morgan fingerprint density at radius 1 is 0.917 bits per heavy atom. The van der Waals surface area contributed by atoms with E-state index in [2.05, 4.69) is 16.0 Å². The van der Waals surface area contributed by atoms with Gasteiger partial charge in [-0.25, -0.2) is 14.4 Å². The molecule has 2 N–H and O–H groups in total. The number of anilines is 1. The zero-order valence-corrected chi connectivity index (χ0v) is 13.1. The number of fused-ring (bicyclic) bond motifs is 1. The van der Waals surface area contributed by atoms with Crippen molar-refractivity contribution in [3.63, 3.8) is 0 Å². The molecule has 0 bridgehead atoms. The Bertz CT molecular complexity index is 1040. The second kappa shape index (κ2) is 5.45. The topological polar surface area (TPSA) is 56.7 Å². The summed E-state index contributed by atoms with van der Waals surface area (Å²) in [4.78, 5) is 8.53. The molecule has 0 atom stereocenters. The highest BCUT2D eigenvalue weighted by molar-refractivity contribution is 5.96. The van der Waals surface area contributed by atoms with Gasteiger partial charge in [-0.3, -0.25) is 0 Å². The van der Waals surface area contributed by atoms with Gasteiger partial charge in [0.05, 0.1) is 5.69 Å². The Labute approximate surface area is 138 Å². The highest BCUT2D eigenvalue weighted by Crippen LogP contribution is 2.33. The van der Waals surface area contributed by atoms with Crippen LogP contribution in [-0.2, 0) is 7.05 Å². The average molecular weight is 318 g/mol. The van der Waals surface area contributed by atoms with Crippen LogP contribution in [0.4, 0.5) is 10.2 Å². The van der Waals surface area contributed by atoms with Gasteiger partial charge < -0.3 is 10.3 Å². The van der Waals surface area contributed by atoms with E-state index >= 15 is 0 Å². The SMILES string of the molecule is Cn1c(-c2ccnc(N)c2)cc2c(-c3ccc(F)cc3)ccnc21. The molecule has 0 fully saturated rings. The predicted molar refractivity (Wildman–Crippen MR) is 93.8 cm³/mol. The van der Waals surface area contributed by atoms with E-state index in [-0.39, 0.29) is 5.82 Å². The molecule has 4 rings (SSSR count). The van der Waals surface area contributed by atoms with Gasteiger partial charge in [0.1, 0.15) is 17.3 Å². The molecule has 5 heteroatoms. The second-order valence-electron chi connectivity index (χ2n) is 5.66. The van der Waals surface area contributed by atoms with Gasteiger partial charge in [-0.05, 0) is 47.5 Å². The first-order chi connectivity index (χ1) is 11.6. The lowest BCUT2D eigenvalue weighted by atomic mass is 10.0. The van der Waals surface area contributed by atoms with Crippen LogP contribution >= 0.6 is 0 Å². The van der Waals surface area contributed by atoms with E-state index in [9.17, 15) is 4.39 Å². The minimum atomic E-state index is -0.245. The normalized spacial score (nSPS) is 11.1. The maximum Gasteiger partial charge on any atom is 0.140 e. The van der Waals surface area contributed by atoms with Crippen molar-refractivity contribution in [2.24, 2.45) is 7.05 Å². The lowest BCUT2D eigenvalue weighted by Crippen LogP contribution is -1.95. The molecule has 4 nitrogen and oxygen atoms in total. The lowest BCUT2D eigenvalue weighted by Gasteiger charge is -2.05. The zero-order chi connectivity index (χ0) is 16.7. The number of nitrogens with two attached hydrogens (primary N) is 1. The quantitative estimate of drug-likeness (QED) is 0.607. The van der Waals surface area contributed by atoms with Gasteiger partial charge in [-0.15, -0.1) is 0 Å². The summed E-state index contributed by atoms with van der Waals surface area (Å²) in [6.45, 7) is 0. The van der Waals surface area contributed by atoms with Crippen molar-refractivity contribution in [2.45, 2.75) is 0 Å². The number of pyridine rings is 2. The van der Waals surface area contributed by atoms with E-state index in [0.29, 0.717) is 5.82 Å². The lowest BCUT2D eigenvalue weighted by molar-refractivity contribution is 0.628. The van der Waals surface area contributed by atoms with Crippen LogP contribution in [-0.4, -0.2) is 14.5 Å². The Hall–Kier alpha value is -3.21. The van der Waals surface area contributed by atoms with Crippen molar-refractivity contribution in [3.8, 4) is 22.4 Å². The molecule has 3 heterocycles. The minimum Gasteiger partial charge on any atom is -0.384 e. The van der Waals surface area contributed by atoms with Crippen LogP contribution in [0.2, 0.25) is 0 Å². The van der Waals surface area contributed by atoms with Crippen molar-refractivity contribution in [1.82, 2.24) is 14.5 Å². The summed E-state index contributed by atoms with van der Waals surface area (Å²) in [5.41, 5.74) is 10.6. The molecule has 24 heavy (non-hydrogen) atoms. The summed E-state index contributed by atoms with van der Waals surface area (Å²) in [6, 6.07) is 14.3. The Morgan fingerprint density at radius 2 is 1.67 bits per heavy atom. The van der Waals surface area contributed by atoms with Crippen molar-refractivity contribution < 1.29 is 4.39 Å². The summed E-state index contributed by atoms with van der Waals surface area (Å²) >= 11 is 0. The average Bonchev–Trinajstić information content (AvgIpc) is 2.93.